The number of hydrogen-bond acceptors (Lipinski definition) is 2. The summed E-state index contributed by atoms with van der Waals surface area (Å²) >= 11 is 3.48. The van der Waals surface area contributed by atoms with Crippen molar-refractivity contribution in [2.45, 2.75) is 38.3 Å². The highest BCUT2D eigenvalue weighted by Crippen LogP contribution is 2.20. The third-order valence-electron chi connectivity index (χ3n) is 3.74. The molecule has 5 heteroatoms. The summed E-state index contributed by atoms with van der Waals surface area (Å²) < 4.78 is 1.01. The van der Waals surface area contributed by atoms with Gasteiger partial charge in [-0.1, -0.05) is 34.1 Å². The van der Waals surface area contributed by atoms with Crippen molar-refractivity contribution in [1.29, 1.82) is 0 Å². The Labute approximate surface area is 128 Å². The molecule has 0 spiro atoms. The maximum Gasteiger partial charge on any atom is 0.317 e. The van der Waals surface area contributed by atoms with Gasteiger partial charge >= 0.3 is 6.03 Å². The van der Waals surface area contributed by atoms with E-state index < -0.39 is 0 Å². The van der Waals surface area contributed by atoms with Crippen LogP contribution in [0.25, 0.3) is 0 Å². The predicted molar refractivity (Wildman–Crippen MR) is 82.4 cm³/mol. The van der Waals surface area contributed by atoms with Crippen LogP contribution in [0.5, 0.6) is 0 Å². The quantitative estimate of drug-likeness (QED) is 0.885. The number of aliphatic hydroxyl groups is 1. The zero-order valence-corrected chi connectivity index (χ0v) is 13.1. The molecule has 0 aliphatic carbocycles. The molecule has 0 saturated carbocycles. The molecule has 1 heterocycles. The number of benzene rings is 1. The van der Waals surface area contributed by atoms with E-state index in [1.165, 1.54) is 0 Å². The molecule has 0 bridgehead atoms. The Bertz CT molecular complexity index is 451. The number of nitrogens with one attached hydrogen (secondary N) is 1. The van der Waals surface area contributed by atoms with Gasteiger partial charge in [0.2, 0.25) is 0 Å². The molecule has 0 aromatic heterocycles. The SMILES string of the molecule is O=C(NCc1ccccc1Br)N1CCCCC1CCO. The fourth-order valence-corrected chi connectivity index (χ4v) is 3.06. The molecule has 110 valence electrons. The topological polar surface area (TPSA) is 52.6 Å². The van der Waals surface area contributed by atoms with Gasteiger partial charge in [0.15, 0.2) is 0 Å². The molecule has 4 nitrogen and oxygen atoms in total. The van der Waals surface area contributed by atoms with Crippen LogP contribution in [0.4, 0.5) is 4.79 Å². The minimum absolute atomic E-state index is 0.0288. The second-order valence-corrected chi connectivity index (χ2v) is 5.96. The molecule has 1 aromatic carbocycles. The van der Waals surface area contributed by atoms with Crippen LogP contribution in [0, 0.1) is 0 Å². The average Bonchev–Trinajstić information content (AvgIpc) is 2.47. The van der Waals surface area contributed by atoms with Crippen molar-refractivity contribution in [1.82, 2.24) is 10.2 Å². The van der Waals surface area contributed by atoms with E-state index >= 15 is 0 Å². The lowest BCUT2D eigenvalue weighted by Gasteiger charge is -2.35. The second kappa shape index (κ2) is 7.64. The predicted octanol–water partition coefficient (Wildman–Crippen LogP) is 2.90. The number of rotatable bonds is 4. The van der Waals surface area contributed by atoms with Gasteiger partial charge in [-0.15, -0.1) is 0 Å². The summed E-state index contributed by atoms with van der Waals surface area (Å²) in [5.41, 5.74) is 1.07. The highest BCUT2D eigenvalue weighted by Gasteiger charge is 2.25. The molecule has 20 heavy (non-hydrogen) atoms. The van der Waals surface area contributed by atoms with Gasteiger partial charge in [0.1, 0.15) is 0 Å². The van der Waals surface area contributed by atoms with E-state index in [4.69, 9.17) is 5.11 Å². The first-order chi connectivity index (χ1) is 9.72. The zero-order valence-electron chi connectivity index (χ0n) is 11.5. The van der Waals surface area contributed by atoms with Crippen molar-refractivity contribution in [3.8, 4) is 0 Å². The van der Waals surface area contributed by atoms with Gasteiger partial charge < -0.3 is 15.3 Å². The smallest absolute Gasteiger partial charge is 0.317 e. The largest absolute Gasteiger partial charge is 0.396 e. The van der Waals surface area contributed by atoms with Crippen LogP contribution in [0.2, 0.25) is 0 Å². The minimum atomic E-state index is -0.0288. The molecule has 1 atom stereocenters. The van der Waals surface area contributed by atoms with E-state index in [0.29, 0.717) is 13.0 Å². The Kier molecular flexibility index (Phi) is 5.86. The molecule has 1 fully saturated rings. The number of likely N-dealkylation sites (tertiary alicyclic amines) is 1. The van der Waals surface area contributed by atoms with Crippen molar-refractivity contribution in [2.75, 3.05) is 13.2 Å². The number of carbonyl (C=O) groups excluding carboxylic acids is 1. The van der Waals surface area contributed by atoms with Crippen molar-refractivity contribution in [2.24, 2.45) is 0 Å². The Morgan fingerprint density at radius 1 is 1.40 bits per heavy atom. The van der Waals surface area contributed by atoms with Gasteiger partial charge in [-0.25, -0.2) is 4.79 Å². The second-order valence-electron chi connectivity index (χ2n) is 5.11. The number of piperidine rings is 1. The van der Waals surface area contributed by atoms with Crippen molar-refractivity contribution in [3.63, 3.8) is 0 Å². The van der Waals surface area contributed by atoms with E-state index in [0.717, 1.165) is 35.8 Å². The third kappa shape index (κ3) is 3.96. The highest BCUT2D eigenvalue weighted by atomic mass is 79.9. The Morgan fingerprint density at radius 3 is 2.95 bits per heavy atom. The number of carbonyl (C=O) groups is 1. The molecule has 0 radical (unpaired) electrons. The summed E-state index contributed by atoms with van der Waals surface area (Å²) in [6, 6.07) is 8.02. The van der Waals surface area contributed by atoms with Crippen LogP contribution < -0.4 is 5.32 Å². The molecule has 2 N–H and O–H groups in total. The summed E-state index contributed by atoms with van der Waals surface area (Å²) in [5, 5.41) is 12.1. The zero-order chi connectivity index (χ0) is 14.4. The summed E-state index contributed by atoms with van der Waals surface area (Å²) in [6.07, 6.45) is 3.84. The summed E-state index contributed by atoms with van der Waals surface area (Å²) in [7, 11) is 0. The molecular formula is C15H21BrN2O2. The van der Waals surface area contributed by atoms with Crippen molar-refractivity contribution >= 4 is 22.0 Å². The van der Waals surface area contributed by atoms with E-state index in [9.17, 15) is 4.79 Å². The first-order valence-corrected chi connectivity index (χ1v) is 7.90. The Balaban J connectivity index is 1.91. The Morgan fingerprint density at radius 2 is 2.20 bits per heavy atom. The number of amides is 2. The average molecular weight is 341 g/mol. The first kappa shape index (κ1) is 15.3. The molecule has 1 unspecified atom stereocenters. The molecule has 1 aliphatic heterocycles. The fraction of sp³-hybridized carbons (Fsp3) is 0.533. The number of hydrogen-bond donors (Lipinski definition) is 2. The summed E-state index contributed by atoms with van der Waals surface area (Å²) in [5.74, 6) is 0. The van der Waals surface area contributed by atoms with E-state index in [1.54, 1.807) is 0 Å². The standard InChI is InChI=1S/C15H21BrN2O2/c16-14-7-2-1-5-12(14)11-17-15(20)18-9-4-3-6-13(18)8-10-19/h1-2,5,7,13,19H,3-4,6,8-11H2,(H,17,20). The van der Waals surface area contributed by atoms with Crippen LogP contribution in [0.15, 0.2) is 28.7 Å². The van der Waals surface area contributed by atoms with E-state index in [2.05, 4.69) is 21.2 Å². The van der Waals surface area contributed by atoms with Gasteiger partial charge in [0, 0.05) is 30.2 Å². The molecule has 1 aliphatic rings. The third-order valence-corrected chi connectivity index (χ3v) is 4.51. The lowest BCUT2D eigenvalue weighted by molar-refractivity contribution is 0.131. The van der Waals surface area contributed by atoms with Crippen LogP contribution in [-0.4, -0.2) is 35.2 Å². The normalized spacial score (nSPS) is 18.9. The monoisotopic (exact) mass is 340 g/mol. The maximum atomic E-state index is 12.3. The van der Waals surface area contributed by atoms with Gasteiger partial charge in [-0.2, -0.15) is 0 Å². The highest BCUT2D eigenvalue weighted by molar-refractivity contribution is 9.10. The lowest BCUT2D eigenvalue weighted by atomic mass is 10.0. The minimum Gasteiger partial charge on any atom is -0.396 e. The molecule has 2 rings (SSSR count). The summed E-state index contributed by atoms with van der Waals surface area (Å²) in [4.78, 5) is 14.2. The van der Waals surface area contributed by atoms with E-state index in [-0.39, 0.29) is 18.7 Å². The molecular weight excluding hydrogens is 320 g/mol. The number of halogens is 1. The maximum absolute atomic E-state index is 12.3. The van der Waals surface area contributed by atoms with Gasteiger partial charge in [0.25, 0.3) is 0 Å². The van der Waals surface area contributed by atoms with Crippen molar-refractivity contribution in [3.05, 3.63) is 34.3 Å². The summed E-state index contributed by atoms with van der Waals surface area (Å²) in [6.45, 7) is 1.44. The lowest BCUT2D eigenvalue weighted by Crippen LogP contribution is -2.48. The van der Waals surface area contributed by atoms with E-state index in [1.807, 2.05) is 29.2 Å². The van der Waals surface area contributed by atoms with Crippen molar-refractivity contribution < 1.29 is 9.90 Å². The van der Waals surface area contributed by atoms with Gasteiger partial charge in [0.05, 0.1) is 0 Å². The molecule has 1 saturated heterocycles. The first-order valence-electron chi connectivity index (χ1n) is 7.11. The molecule has 1 aromatic rings. The number of urea groups is 1. The fourth-order valence-electron chi connectivity index (χ4n) is 2.63. The van der Waals surface area contributed by atoms with Crippen LogP contribution in [0.3, 0.4) is 0 Å². The number of aliphatic hydroxyl groups excluding tert-OH is 1. The number of nitrogens with zero attached hydrogens (tertiary/aromatic N) is 1. The molecule has 2 amide bonds. The van der Waals surface area contributed by atoms with Crippen LogP contribution in [-0.2, 0) is 6.54 Å². The van der Waals surface area contributed by atoms with Crippen LogP contribution >= 0.6 is 15.9 Å². The van der Waals surface area contributed by atoms with Crippen LogP contribution in [0.1, 0.15) is 31.2 Å². The van der Waals surface area contributed by atoms with Gasteiger partial charge in [-0.05, 0) is 37.3 Å². The van der Waals surface area contributed by atoms with Gasteiger partial charge in [-0.3, -0.25) is 0 Å². The Hall–Kier alpha value is -1.07.